The summed E-state index contributed by atoms with van der Waals surface area (Å²) in [6.45, 7) is 0. The van der Waals surface area contributed by atoms with Crippen molar-refractivity contribution in [1.82, 2.24) is 9.97 Å². The van der Waals surface area contributed by atoms with Crippen LogP contribution in [0.2, 0.25) is 0 Å². The van der Waals surface area contributed by atoms with E-state index in [-0.39, 0.29) is 0 Å². The Bertz CT molecular complexity index is 1160. The van der Waals surface area contributed by atoms with Crippen LogP contribution in [-0.4, -0.2) is 31.2 Å². The topological polar surface area (TPSA) is 77.5 Å². The first-order valence-corrected chi connectivity index (χ1v) is 9.39. The van der Waals surface area contributed by atoms with E-state index in [9.17, 15) is 0 Å². The molecule has 0 amide bonds. The van der Waals surface area contributed by atoms with Crippen LogP contribution >= 0.6 is 0 Å². The van der Waals surface area contributed by atoms with Crippen molar-refractivity contribution in [2.75, 3.05) is 31.9 Å². The summed E-state index contributed by atoms with van der Waals surface area (Å²) < 4.78 is 16.7. The number of rotatable bonds is 7. The highest BCUT2D eigenvalue weighted by molar-refractivity contribution is 5.93. The average Bonchev–Trinajstić information content (AvgIpc) is 2.79. The summed E-state index contributed by atoms with van der Waals surface area (Å²) >= 11 is 0. The van der Waals surface area contributed by atoms with Crippen molar-refractivity contribution in [2.45, 2.75) is 0 Å². The van der Waals surface area contributed by atoms with Crippen LogP contribution in [0.3, 0.4) is 0 Å². The van der Waals surface area contributed by atoms with Crippen LogP contribution in [0.25, 0.3) is 10.9 Å². The first-order valence-electron chi connectivity index (χ1n) is 9.39. The molecule has 4 aromatic rings. The van der Waals surface area contributed by atoms with Gasteiger partial charge >= 0.3 is 0 Å². The van der Waals surface area contributed by atoms with Gasteiger partial charge in [-0.1, -0.05) is 6.07 Å². The highest BCUT2D eigenvalue weighted by atomic mass is 16.5. The maximum atomic E-state index is 5.93. The van der Waals surface area contributed by atoms with Gasteiger partial charge in [-0.15, -0.1) is 0 Å². The molecule has 2 N–H and O–H groups in total. The third-order valence-corrected chi connectivity index (χ3v) is 4.62. The molecule has 0 radical (unpaired) electrons. The van der Waals surface area contributed by atoms with Crippen molar-refractivity contribution in [3.05, 3.63) is 67.0 Å². The van der Waals surface area contributed by atoms with E-state index in [2.05, 4.69) is 20.6 Å². The fourth-order valence-electron chi connectivity index (χ4n) is 3.08. The molecular formula is C23H22N4O3. The lowest BCUT2D eigenvalue weighted by molar-refractivity contribution is 0.356. The molecule has 4 rings (SSSR count). The zero-order valence-corrected chi connectivity index (χ0v) is 17.0. The van der Waals surface area contributed by atoms with E-state index < -0.39 is 0 Å². The second-order valence-electron chi connectivity index (χ2n) is 6.48. The second-order valence-corrected chi connectivity index (χ2v) is 6.48. The molecule has 7 nitrogen and oxygen atoms in total. The van der Waals surface area contributed by atoms with E-state index in [0.717, 1.165) is 33.8 Å². The summed E-state index contributed by atoms with van der Waals surface area (Å²) in [7, 11) is 5.08. The van der Waals surface area contributed by atoms with Crippen LogP contribution in [0.4, 0.5) is 17.2 Å². The maximum absolute atomic E-state index is 5.93. The van der Waals surface area contributed by atoms with Gasteiger partial charge in [-0.2, -0.15) is 0 Å². The number of nitrogens with zero attached hydrogens (tertiary/aromatic N) is 2. The minimum absolute atomic E-state index is 0.621. The Kier molecular flexibility index (Phi) is 5.52. The summed E-state index contributed by atoms with van der Waals surface area (Å²) in [4.78, 5) is 8.72. The number of benzene rings is 3. The summed E-state index contributed by atoms with van der Waals surface area (Å²) in [6.07, 6.45) is 1.52. The molecule has 3 aromatic carbocycles. The highest BCUT2D eigenvalue weighted by Crippen LogP contribution is 2.34. The molecule has 0 unspecified atom stereocenters. The number of fused-ring (bicyclic) bond motifs is 1. The van der Waals surface area contributed by atoms with Crippen LogP contribution in [0.15, 0.2) is 67.0 Å². The summed E-state index contributed by atoms with van der Waals surface area (Å²) in [5, 5.41) is 7.27. The smallest absolute Gasteiger partial charge is 0.162 e. The monoisotopic (exact) mass is 402 g/mol. The zero-order valence-electron chi connectivity index (χ0n) is 17.0. The number of anilines is 3. The minimum Gasteiger partial charge on any atom is -0.493 e. The van der Waals surface area contributed by atoms with Crippen LogP contribution in [-0.2, 0) is 0 Å². The SMILES string of the molecule is CNc1cccc(Oc2ccc(Nc3ncnc4cc(OC)c(OC)cc34)cc2)c1. The van der Waals surface area contributed by atoms with E-state index in [0.29, 0.717) is 17.3 Å². The van der Waals surface area contributed by atoms with E-state index >= 15 is 0 Å². The lowest BCUT2D eigenvalue weighted by Crippen LogP contribution is -1.98. The van der Waals surface area contributed by atoms with Gasteiger partial charge in [0.25, 0.3) is 0 Å². The van der Waals surface area contributed by atoms with Gasteiger partial charge in [-0.3, -0.25) is 0 Å². The number of methoxy groups -OCH3 is 2. The second kappa shape index (κ2) is 8.57. The molecule has 0 fully saturated rings. The largest absolute Gasteiger partial charge is 0.493 e. The van der Waals surface area contributed by atoms with Gasteiger partial charge in [-0.05, 0) is 42.5 Å². The summed E-state index contributed by atoms with van der Waals surface area (Å²) in [5.41, 5.74) is 2.63. The van der Waals surface area contributed by atoms with E-state index in [1.807, 2.05) is 67.7 Å². The molecule has 0 aliphatic heterocycles. The Morgan fingerprint density at radius 1 is 0.767 bits per heavy atom. The van der Waals surface area contributed by atoms with Gasteiger partial charge in [0.1, 0.15) is 23.6 Å². The average molecular weight is 402 g/mol. The molecule has 0 aliphatic rings. The number of ether oxygens (including phenoxy) is 3. The Hall–Kier alpha value is -4.00. The van der Waals surface area contributed by atoms with Gasteiger partial charge in [0.15, 0.2) is 11.5 Å². The Morgan fingerprint density at radius 2 is 1.53 bits per heavy atom. The molecule has 7 heteroatoms. The Labute approximate surface area is 174 Å². The molecule has 152 valence electrons. The molecule has 0 aliphatic carbocycles. The molecule has 30 heavy (non-hydrogen) atoms. The number of nitrogens with one attached hydrogen (secondary N) is 2. The van der Waals surface area contributed by atoms with Crippen molar-refractivity contribution in [3.8, 4) is 23.0 Å². The third-order valence-electron chi connectivity index (χ3n) is 4.62. The number of hydrogen-bond acceptors (Lipinski definition) is 7. The van der Waals surface area contributed by atoms with Crippen molar-refractivity contribution >= 4 is 28.1 Å². The first kappa shape index (κ1) is 19.3. The predicted molar refractivity (Wildman–Crippen MR) is 118 cm³/mol. The highest BCUT2D eigenvalue weighted by Gasteiger charge is 2.11. The first-order chi connectivity index (χ1) is 14.7. The molecular weight excluding hydrogens is 380 g/mol. The van der Waals surface area contributed by atoms with Crippen molar-refractivity contribution in [3.63, 3.8) is 0 Å². The Balaban J connectivity index is 1.56. The van der Waals surface area contributed by atoms with Gasteiger partial charge in [0, 0.05) is 35.9 Å². The molecule has 0 atom stereocenters. The molecule has 1 heterocycles. The van der Waals surface area contributed by atoms with E-state index in [4.69, 9.17) is 14.2 Å². The Morgan fingerprint density at radius 3 is 2.27 bits per heavy atom. The van der Waals surface area contributed by atoms with Crippen molar-refractivity contribution in [2.24, 2.45) is 0 Å². The van der Waals surface area contributed by atoms with Crippen LogP contribution in [0, 0.1) is 0 Å². The molecule has 0 bridgehead atoms. The summed E-state index contributed by atoms with van der Waals surface area (Å²) in [6, 6.07) is 19.2. The molecule has 0 saturated heterocycles. The van der Waals surface area contributed by atoms with Crippen LogP contribution < -0.4 is 24.8 Å². The van der Waals surface area contributed by atoms with E-state index in [1.165, 1.54) is 6.33 Å². The standard InChI is InChI=1S/C23H22N4O3/c1-24-16-5-4-6-18(11-16)30-17-9-7-15(8-10-17)27-23-19-12-21(28-2)22(29-3)13-20(19)25-14-26-23/h4-14,24H,1-3H3,(H,25,26,27). The summed E-state index contributed by atoms with van der Waals surface area (Å²) in [5.74, 6) is 3.43. The third kappa shape index (κ3) is 4.05. The minimum atomic E-state index is 0.621. The van der Waals surface area contributed by atoms with Crippen molar-refractivity contribution in [1.29, 1.82) is 0 Å². The molecule has 0 saturated carbocycles. The number of hydrogen-bond donors (Lipinski definition) is 2. The quantitative estimate of drug-likeness (QED) is 0.438. The van der Waals surface area contributed by atoms with Gasteiger partial charge in [0.05, 0.1) is 19.7 Å². The van der Waals surface area contributed by atoms with Gasteiger partial charge in [0.2, 0.25) is 0 Å². The fraction of sp³-hybridized carbons (Fsp3) is 0.130. The van der Waals surface area contributed by atoms with Gasteiger partial charge < -0.3 is 24.8 Å². The molecule has 0 spiro atoms. The van der Waals surface area contributed by atoms with Crippen LogP contribution in [0.1, 0.15) is 0 Å². The normalized spacial score (nSPS) is 10.5. The van der Waals surface area contributed by atoms with E-state index in [1.54, 1.807) is 14.2 Å². The maximum Gasteiger partial charge on any atom is 0.162 e. The van der Waals surface area contributed by atoms with Crippen LogP contribution in [0.5, 0.6) is 23.0 Å². The number of aromatic nitrogens is 2. The fourth-order valence-corrected chi connectivity index (χ4v) is 3.08. The zero-order chi connectivity index (χ0) is 20.9. The molecule has 1 aromatic heterocycles. The predicted octanol–water partition coefficient (Wildman–Crippen LogP) is 5.22. The lowest BCUT2D eigenvalue weighted by Gasteiger charge is -2.12. The van der Waals surface area contributed by atoms with Gasteiger partial charge in [-0.25, -0.2) is 9.97 Å². The van der Waals surface area contributed by atoms with Crippen molar-refractivity contribution < 1.29 is 14.2 Å². The lowest BCUT2D eigenvalue weighted by atomic mass is 10.2.